The summed E-state index contributed by atoms with van der Waals surface area (Å²) in [7, 11) is 2.00. The summed E-state index contributed by atoms with van der Waals surface area (Å²) in [4.78, 5) is 0. The fraction of sp³-hybridized carbons (Fsp3) is 1.00. The second-order valence-electron chi connectivity index (χ2n) is 2.00. The van der Waals surface area contributed by atoms with Gasteiger partial charge in [-0.2, -0.15) is 0 Å². The van der Waals surface area contributed by atoms with E-state index in [4.69, 9.17) is 10.2 Å². The number of aliphatic hydroxyl groups excluding tert-OH is 2. The van der Waals surface area contributed by atoms with Crippen molar-refractivity contribution in [3.63, 3.8) is 0 Å². The predicted octanol–water partition coefficient (Wildman–Crippen LogP) is 2.45. The second kappa shape index (κ2) is 78.4. The van der Waals surface area contributed by atoms with Gasteiger partial charge in [-0.3, -0.25) is 0 Å². The van der Waals surface area contributed by atoms with E-state index in [0.29, 0.717) is 0 Å². The van der Waals surface area contributed by atoms with Crippen LogP contribution in [0.25, 0.3) is 0 Å². The Morgan fingerprint density at radius 3 is 0.615 bits per heavy atom. The Kier molecular flexibility index (Phi) is 176. The summed E-state index contributed by atoms with van der Waals surface area (Å²) in [5.41, 5.74) is 0. The van der Waals surface area contributed by atoms with E-state index >= 15 is 0 Å². The van der Waals surface area contributed by atoms with Crippen molar-refractivity contribution in [2.75, 3.05) is 14.2 Å². The third kappa shape index (κ3) is 198. The van der Waals surface area contributed by atoms with Gasteiger partial charge in [-0.05, 0) is 0 Å². The quantitative estimate of drug-likeness (QED) is 0.769. The Morgan fingerprint density at radius 1 is 0.538 bits per heavy atom. The molecule has 2 nitrogen and oxygen atoms in total. The zero-order chi connectivity index (χ0) is 10.8. The molecule has 0 heterocycles. The monoisotopic (exact) mass is 300 g/mol. The zero-order valence-corrected chi connectivity index (χ0v) is 13.1. The van der Waals surface area contributed by atoms with E-state index in [1.165, 1.54) is 25.7 Å². The van der Waals surface area contributed by atoms with E-state index in [1.807, 2.05) is 0 Å². The predicted molar refractivity (Wildman–Crippen MR) is 63.2 cm³/mol. The molecular formula is C10H28O2Sn. The summed E-state index contributed by atoms with van der Waals surface area (Å²) in [5.74, 6) is 0. The van der Waals surface area contributed by atoms with Crippen LogP contribution in [0.15, 0.2) is 0 Å². The van der Waals surface area contributed by atoms with Gasteiger partial charge in [0.15, 0.2) is 0 Å². The largest absolute Gasteiger partial charge is 0.400 e. The molecule has 0 aromatic heterocycles. The zero-order valence-electron chi connectivity index (χ0n) is 10.2. The van der Waals surface area contributed by atoms with Gasteiger partial charge < -0.3 is 10.2 Å². The summed E-state index contributed by atoms with van der Waals surface area (Å²) in [5, 5.41) is 14.0. The Balaban J connectivity index is -0.0000000226. The van der Waals surface area contributed by atoms with Gasteiger partial charge >= 0.3 is 0 Å². The first-order valence-electron chi connectivity index (χ1n) is 4.72. The molecule has 0 atom stereocenters. The molecule has 0 bridgehead atoms. The van der Waals surface area contributed by atoms with Crippen LogP contribution in [0.3, 0.4) is 0 Å². The first kappa shape index (κ1) is 29.2. The van der Waals surface area contributed by atoms with Crippen LogP contribution in [0.4, 0.5) is 0 Å². The molecule has 0 saturated carbocycles. The van der Waals surface area contributed by atoms with Crippen molar-refractivity contribution >= 4 is 23.9 Å². The van der Waals surface area contributed by atoms with Crippen LogP contribution in [-0.2, 0) is 0 Å². The number of hydrogen-bond donors (Lipinski definition) is 2. The first-order chi connectivity index (χ1) is 5.83. The molecular weight excluding hydrogens is 271 g/mol. The van der Waals surface area contributed by atoms with Gasteiger partial charge in [-0.25, -0.2) is 0 Å². The van der Waals surface area contributed by atoms with Crippen LogP contribution in [0, 0.1) is 0 Å². The molecule has 0 spiro atoms. The van der Waals surface area contributed by atoms with Crippen LogP contribution >= 0.6 is 0 Å². The smallest absolute Gasteiger partial charge is 0.0319 e. The first-order valence-corrected chi connectivity index (χ1v) is 4.72. The van der Waals surface area contributed by atoms with Crippen molar-refractivity contribution in [1.29, 1.82) is 0 Å². The molecule has 0 aromatic rings. The topological polar surface area (TPSA) is 40.5 Å². The molecule has 0 fully saturated rings. The molecule has 84 valence electrons. The number of aliphatic hydroxyl groups is 2. The molecule has 0 rings (SSSR count). The van der Waals surface area contributed by atoms with Crippen LogP contribution in [0.1, 0.15) is 53.4 Å². The van der Waals surface area contributed by atoms with Crippen molar-refractivity contribution in [1.82, 2.24) is 0 Å². The van der Waals surface area contributed by atoms with Gasteiger partial charge in [-0.1, -0.05) is 53.4 Å². The Labute approximate surface area is 102 Å². The normalized spacial score (nSPS) is 5.54. The van der Waals surface area contributed by atoms with Gasteiger partial charge in [0.05, 0.1) is 0 Å². The molecule has 3 heteroatoms. The van der Waals surface area contributed by atoms with E-state index in [0.717, 1.165) is 14.2 Å². The minimum atomic E-state index is 0. The number of rotatable bonds is 2. The summed E-state index contributed by atoms with van der Waals surface area (Å²) >= 11 is 0. The summed E-state index contributed by atoms with van der Waals surface area (Å²) in [6, 6.07) is 0. The van der Waals surface area contributed by atoms with Gasteiger partial charge in [0.25, 0.3) is 0 Å². The molecule has 13 heavy (non-hydrogen) atoms. The van der Waals surface area contributed by atoms with E-state index in [2.05, 4.69) is 27.7 Å². The molecule has 2 N–H and O–H groups in total. The molecule has 0 saturated heterocycles. The molecule has 0 aromatic carbocycles. The van der Waals surface area contributed by atoms with Crippen molar-refractivity contribution < 1.29 is 10.2 Å². The Morgan fingerprint density at radius 2 is 0.615 bits per heavy atom. The number of hydrogen-bond acceptors (Lipinski definition) is 2. The molecule has 0 amide bonds. The number of unbranched alkanes of at least 4 members (excludes halogenated alkanes) is 2. The third-order valence-corrected chi connectivity index (χ3v) is 1.000. The maximum atomic E-state index is 7.00. The SMILES string of the molecule is CCCC.CCCC.CO.CO.[Sn]. The van der Waals surface area contributed by atoms with Crippen molar-refractivity contribution in [2.45, 2.75) is 53.4 Å². The molecule has 0 aliphatic rings. The minimum absolute atomic E-state index is 0. The fourth-order valence-corrected chi connectivity index (χ4v) is 0. The third-order valence-electron chi connectivity index (χ3n) is 1.000. The average Bonchev–Trinajstić information content (AvgIpc) is 2.23. The maximum Gasteiger partial charge on any atom is 0.0319 e. The van der Waals surface area contributed by atoms with Gasteiger partial charge in [-0.15, -0.1) is 0 Å². The minimum Gasteiger partial charge on any atom is -0.400 e. The standard InChI is InChI=1S/2C4H10.2CH4O.Sn/c2*1-3-4-2;2*1-2;/h2*3-4H2,1-2H3;2*2H,1H3;. The van der Waals surface area contributed by atoms with Crippen LogP contribution in [-0.4, -0.2) is 48.3 Å². The van der Waals surface area contributed by atoms with Crippen LogP contribution in [0.5, 0.6) is 0 Å². The van der Waals surface area contributed by atoms with Gasteiger partial charge in [0.2, 0.25) is 0 Å². The average molecular weight is 299 g/mol. The van der Waals surface area contributed by atoms with E-state index in [9.17, 15) is 0 Å². The summed E-state index contributed by atoms with van der Waals surface area (Å²) in [6.07, 6.45) is 5.28. The van der Waals surface area contributed by atoms with Crippen LogP contribution < -0.4 is 0 Å². The second-order valence-corrected chi connectivity index (χ2v) is 2.00. The van der Waals surface area contributed by atoms with Gasteiger partial charge in [0.1, 0.15) is 0 Å². The summed E-state index contributed by atoms with van der Waals surface area (Å²) < 4.78 is 0. The fourth-order valence-electron chi connectivity index (χ4n) is 0. The van der Waals surface area contributed by atoms with Crippen LogP contribution in [0.2, 0.25) is 0 Å². The van der Waals surface area contributed by atoms with E-state index < -0.39 is 0 Å². The van der Waals surface area contributed by atoms with Crippen molar-refractivity contribution in [2.24, 2.45) is 0 Å². The molecule has 0 unspecified atom stereocenters. The molecule has 0 aliphatic heterocycles. The Bertz CT molecular complexity index is 20.9. The Hall–Kier alpha value is 0.719. The van der Waals surface area contributed by atoms with E-state index in [-0.39, 0.29) is 23.9 Å². The summed E-state index contributed by atoms with van der Waals surface area (Å²) in [6.45, 7) is 8.72. The van der Waals surface area contributed by atoms with Crippen molar-refractivity contribution in [3.8, 4) is 0 Å². The molecule has 0 aliphatic carbocycles. The maximum absolute atomic E-state index is 7.00. The van der Waals surface area contributed by atoms with Crippen molar-refractivity contribution in [3.05, 3.63) is 0 Å². The molecule has 4 radical (unpaired) electrons. The van der Waals surface area contributed by atoms with Gasteiger partial charge in [0, 0.05) is 38.1 Å². The van der Waals surface area contributed by atoms with E-state index in [1.54, 1.807) is 0 Å².